The molecule has 0 atom stereocenters. The van der Waals surface area contributed by atoms with Gasteiger partial charge < -0.3 is 10.3 Å². The molecular formula is C17H16FN3O. The van der Waals surface area contributed by atoms with Crippen molar-refractivity contribution in [1.82, 2.24) is 9.97 Å². The summed E-state index contributed by atoms with van der Waals surface area (Å²) in [5.74, 6) is 0.418. The number of aromatic nitrogens is 2. The van der Waals surface area contributed by atoms with E-state index in [1.165, 1.54) is 6.07 Å². The number of H-pyrrole nitrogens is 1. The average Bonchev–Trinajstić information content (AvgIpc) is 2.86. The molecule has 0 bridgehead atoms. The van der Waals surface area contributed by atoms with E-state index in [0.29, 0.717) is 17.7 Å². The van der Waals surface area contributed by atoms with Crippen molar-refractivity contribution in [2.75, 3.05) is 5.32 Å². The highest BCUT2D eigenvalue weighted by Crippen LogP contribution is 2.17. The first-order valence-corrected chi connectivity index (χ1v) is 7.11. The van der Waals surface area contributed by atoms with Crippen molar-refractivity contribution < 1.29 is 9.18 Å². The minimum absolute atomic E-state index is 0.140. The number of halogens is 1. The third-order valence-electron chi connectivity index (χ3n) is 3.46. The van der Waals surface area contributed by atoms with Gasteiger partial charge in [-0.05, 0) is 43.2 Å². The number of anilines is 1. The van der Waals surface area contributed by atoms with Gasteiger partial charge >= 0.3 is 0 Å². The van der Waals surface area contributed by atoms with E-state index in [9.17, 15) is 9.18 Å². The summed E-state index contributed by atoms with van der Waals surface area (Å²) in [7, 11) is 0. The first-order valence-electron chi connectivity index (χ1n) is 7.11. The van der Waals surface area contributed by atoms with Crippen LogP contribution in [-0.4, -0.2) is 15.9 Å². The highest BCUT2D eigenvalue weighted by atomic mass is 19.1. The fourth-order valence-corrected chi connectivity index (χ4v) is 2.39. The number of carbonyl (C=O) groups is 1. The number of fused-ring (bicyclic) bond motifs is 1. The average molecular weight is 297 g/mol. The topological polar surface area (TPSA) is 57.8 Å². The second kappa shape index (κ2) is 5.97. The number of carbonyl (C=O) groups excluding carboxylic acids is 1. The number of rotatable bonds is 4. The van der Waals surface area contributed by atoms with Crippen molar-refractivity contribution in [3.05, 3.63) is 59.7 Å². The van der Waals surface area contributed by atoms with E-state index in [4.69, 9.17) is 0 Å². The maximum absolute atomic E-state index is 13.5. The Hall–Kier alpha value is -2.69. The number of nitrogens with zero attached hydrogens (tertiary/aromatic N) is 1. The molecule has 0 aliphatic rings. The molecule has 2 aromatic carbocycles. The van der Waals surface area contributed by atoms with E-state index in [1.807, 2.05) is 25.1 Å². The first-order chi connectivity index (χ1) is 10.6. The highest BCUT2D eigenvalue weighted by molar-refractivity contribution is 5.93. The highest BCUT2D eigenvalue weighted by Gasteiger charge is 2.07. The lowest BCUT2D eigenvalue weighted by atomic mass is 10.1. The van der Waals surface area contributed by atoms with Crippen LogP contribution in [0.5, 0.6) is 0 Å². The summed E-state index contributed by atoms with van der Waals surface area (Å²) >= 11 is 0. The Labute approximate surface area is 127 Å². The number of nitrogens with one attached hydrogen (secondary N) is 2. The number of aryl methyl sites for hydroxylation is 2. The number of hydrogen-bond acceptors (Lipinski definition) is 2. The van der Waals surface area contributed by atoms with Gasteiger partial charge in [-0.3, -0.25) is 4.79 Å². The summed E-state index contributed by atoms with van der Waals surface area (Å²) in [5.41, 5.74) is 3.00. The Morgan fingerprint density at radius 2 is 2.09 bits per heavy atom. The third kappa shape index (κ3) is 3.14. The largest absolute Gasteiger partial charge is 0.342 e. The normalized spacial score (nSPS) is 10.8. The van der Waals surface area contributed by atoms with Gasteiger partial charge in [-0.15, -0.1) is 0 Å². The number of aromatic amines is 1. The molecule has 0 unspecified atom stereocenters. The lowest BCUT2D eigenvalue weighted by Crippen LogP contribution is -2.12. The van der Waals surface area contributed by atoms with E-state index >= 15 is 0 Å². The van der Waals surface area contributed by atoms with E-state index in [-0.39, 0.29) is 18.1 Å². The van der Waals surface area contributed by atoms with Crippen LogP contribution < -0.4 is 5.32 Å². The van der Waals surface area contributed by atoms with Crippen molar-refractivity contribution in [2.24, 2.45) is 0 Å². The fourth-order valence-electron chi connectivity index (χ4n) is 2.39. The van der Waals surface area contributed by atoms with E-state index in [1.54, 1.807) is 18.2 Å². The summed E-state index contributed by atoms with van der Waals surface area (Å²) in [6, 6.07) is 12.0. The zero-order valence-corrected chi connectivity index (χ0v) is 12.2. The minimum Gasteiger partial charge on any atom is -0.342 e. The van der Waals surface area contributed by atoms with Crippen LogP contribution in [0.15, 0.2) is 42.5 Å². The van der Waals surface area contributed by atoms with Crippen LogP contribution in [0.1, 0.15) is 17.8 Å². The summed E-state index contributed by atoms with van der Waals surface area (Å²) in [6.45, 7) is 1.88. The SMILES string of the molecule is Cc1nc2ccc(NC(=O)CCc3ccccc3F)cc2[nH]1. The van der Waals surface area contributed by atoms with Gasteiger partial charge in [0.25, 0.3) is 0 Å². The molecule has 112 valence electrons. The predicted octanol–water partition coefficient (Wildman–Crippen LogP) is 3.58. The molecule has 2 N–H and O–H groups in total. The maximum Gasteiger partial charge on any atom is 0.224 e. The maximum atomic E-state index is 13.5. The van der Waals surface area contributed by atoms with Crippen molar-refractivity contribution in [3.8, 4) is 0 Å². The lowest BCUT2D eigenvalue weighted by molar-refractivity contribution is -0.116. The Morgan fingerprint density at radius 3 is 2.91 bits per heavy atom. The second-order valence-electron chi connectivity index (χ2n) is 5.19. The molecule has 3 rings (SSSR count). The van der Waals surface area contributed by atoms with Crippen molar-refractivity contribution >= 4 is 22.6 Å². The van der Waals surface area contributed by atoms with Gasteiger partial charge in [-0.25, -0.2) is 9.37 Å². The summed E-state index contributed by atoms with van der Waals surface area (Å²) in [5, 5.41) is 2.82. The van der Waals surface area contributed by atoms with Gasteiger partial charge in [0.15, 0.2) is 0 Å². The molecule has 0 spiro atoms. The van der Waals surface area contributed by atoms with Gasteiger partial charge in [-0.2, -0.15) is 0 Å². The fraction of sp³-hybridized carbons (Fsp3) is 0.176. The number of benzene rings is 2. The van der Waals surface area contributed by atoms with Crippen molar-refractivity contribution in [3.63, 3.8) is 0 Å². The smallest absolute Gasteiger partial charge is 0.224 e. The molecular weight excluding hydrogens is 281 g/mol. The molecule has 0 radical (unpaired) electrons. The molecule has 0 aliphatic heterocycles. The molecule has 0 saturated carbocycles. The molecule has 4 nitrogen and oxygen atoms in total. The van der Waals surface area contributed by atoms with Crippen LogP contribution in [0.3, 0.4) is 0 Å². The van der Waals surface area contributed by atoms with Gasteiger partial charge in [0, 0.05) is 12.1 Å². The number of imidazole rings is 1. The standard InChI is InChI=1S/C17H16FN3O/c1-11-19-15-8-7-13(10-16(15)20-11)21-17(22)9-6-12-4-2-3-5-14(12)18/h2-5,7-8,10H,6,9H2,1H3,(H,19,20)(H,21,22). The van der Waals surface area contributed by atoms with Crippen LogP contribution >= 0.6 is 0 Å². The van der Waals surface area contributed by atoms with Gasteiger partial charge in [0.2, 0.25) is 5.91 Å². The molecule has 5 heteroatoms. The molecule has 22 heavy (non-hydrogen) atoms. The molecule has 1 amide bonds. The Morgan fingerprint density at radius 1 is 1.27 bits per heavy atom. The Balaban J connectivity index is 1.64. The predicted molar refractivity (Wildman–Crippen MR) is 84.2 cm³/mol. The van der Waals surface area contributed by atoms with E-state index in [0.717, 1.165) is 16.9 Å². The van der Waals surface area contributed by atoms with Gasteiger partial charge in [0.1, 0.15) is 11.6 Å². The summed E-state index contributed by atoms with van der Waals surface area (Å²) in [6.07, 6.45) is 0.616. The molecule has 1 aromatic heterocycles. The van der Waals surface area contributed by atoms with Crippen LogP contribution in [-0.2, 0) is 11.2 Å². The van der Waals surface area contributed by atoms with Crippen LogP contribution in [0.4, 0.5) is 10.1 Å². The summed E-state index contributed by atoms with van der Waals surface area (Å²) in [4.78, 5) is 19.4. The van der Waals surface area contributed by atoms with E-state index in [2.05, 4.69) is 15.3 Å². The van der Waals surface area contributed by atoms with Gasteiger partial charge in [0.05, 0.1) is 11.0 Å². The van der Waals surface area contributed by atoms with Gasteiger partial charge in [-0.1, -0.05) is 18.2 Å². The lowest BCUT2D eigenvalue weighted by Gasteiger charge is -2.06. The van der Waals surface area contributed by atoms with Crippen molar-refractivity contribution in [1.29, 1.82) is 0 Å². The molecule has 0 saturated heterocycles. The molecule has 1 heterocycles. The molecule has 0 aliphatic carbocycles. The number of hydrogen-bond donors (Lipinski definition) is 2. The van der Waals surface area contributed by atoms with Crippen LogP contribution in [0.2, 0.25) is 0 Å². The second-order valence-corrected chi connectivity index (χ2v) is 5.19. The minimum atomic E-state index is -0.273. The first kappa shape index (κ1) is 14.3. The summed E-state index contributed by atoms with van der Waals surface area (Å²) < 4.78 is 13.5. The number of amides is 1. The van der Waals surface area contributed by atoms with Crippen LogP contribution in [0, 0.1) is 12.7 Å². The van der Waals surface area contributed by atoms with Crippen molar-refractivity contribution in [2.45, 2.75) is 19.8 Å². The molecule has 3 aromatic rings. The zero-order valence-electron chi connectivity index (χ0n) is 12.2. The Bertz CT molecular complexity index is 826. The Kier molecular flexibility index (Phi) is 3.87. The monoisotopic (exact) mass is 297 g/mol. The van der Waals surface area contributed by atoms with E-state index < -0.39 is 0 Å². The quantitative estimate of drug-likeness (QED) is 0.773. The third-order valence-corrected chi connectivity index (χ3v) is 3.46. The zero-order chi connectivity index (χ0) is 15.5. The van der Waals surface area contributed by atoms with Crippen LogP contribution in [0.25, 0.3) is 11.0 Å². The molecule has 0 fully saturated rings.